The molecule has 2 nitrogen and oxygen atoms in total. The lowest BCUT2D eigenvalue weighted by molar-refractivity contribution is 0.0659. The Morgan fingerprint density at radius 1 is 1.42 bits per heavy atom. The lowest BCUT2D eigenvalue weighted by Crippen LogP contribution is -2.42. The van der Waals surface area contributed by atoms with E-state index in [1.807, 2.05) is 13.8 Å². The van der Waals surface area contributed by atoms with Crippen molar-refractivity contribution >= 4 is 0 Å². The number of likely N-dealkylation sites (tertiary alicyclic amines) is 1. The number of likely N-dealkylation sites (N-methyl/N-ethyl adjacent to an activating group) is 1. The zero-order valence-electron chi connectivity index (χ0n) is 9.18. The first-order valence-electron chi connectivity index (χ1n) is 4.89. The minimum absolute atomic E-state index is 0.314. The molecule has 0 aromatic rings. The Morgan fingerprint density at radius 3 is 2.33 bits per heavy atom. The maximum absolute atomic E-state index is 5.16. The summed E-state index contributed by atoms with van der Waals surface area (Å²) in [6.45, 7) is 8.35. The fourth-order valence-corrected chi connectivity index (χ4v) is 1.65. The molecule has 1 heterocycles. The second kappa shape index (κ2) is 5.55. The molecule has 1 atom stereocenters. The average molecular weight is 173 g/mol. The molecule has 1 unspecified atom stereocenters. The zero-order valence-corrected chi connectivity index (χ0v) is 9.18. The van der Waals surface area contributed by atoms with Crippen molar-refractivity contribution in [3.05, 3.63) is 0 Å². The number of hydrogen-bond acceptors (Lipinski definition) is 2. The monoisotopic (exact) mass is 173 g/mol. The summed E-state index contributed by atoms with van der Waals surface area (Å²) in [4.78, 5) is 2.39. The predicted molar refractivity (Wildman–Crippen MR) is 53.5 cm³/mol. The van der Waals surface area contributed by atoms with Gasteiger partial charge in [-0.2, -0.15) is 0 Å². The minimum atomic E-state index is 0.314. The molecule has 0 bridgehead atoms. The standard InChI is InChI=1S/C8H17NO.C2H6/c1-8(7-10-3)5-4-6-9(8)2;1-2/h4-7H2,1-3H3;1-2H3. The molecule has 0 radical (unpaired) electrons. The molecule has 0 saturated carbocycles. The van der Waals surface area contributed by atoms with Gasteiger partial charge in [-0.25, -0.2) is 0 Å². The smallest absolute Gasteiger partial charge is 0.0643 e. The Hall–Kier alpha value is -0.0800. The van der Waals surface area contributed by atoms with E-state index in [0.717, 1.165) is 6.61 Å². The van der Waals surface area contributed by atoms with Crippen molar-refractivity contribution in [3.63, 3.8) is 0 Å². The molecule has 0 aromatic heterocycles. The van der Waals surface area contributed by atoms with Gasteiger partial charge in [0.1, 0.15) is 0 Å². The van der Waals surface area contributed by atoms with Crippen LogP contribution in [-0.4, -0.2) is 37.7 Å². The van der Waals surface area contributed by atoms with Crippen LogP contribution in [0.25, 0.3) is 0 Å². The van der Waals surface area contributed by atoms with Crippen molar-refractivity contribution in [3.8, 4) is 0 Å². The number of nitrogens with zero attached hydrogens (tertiary/aromatic N) is 1. The summed E-state index contributed by atoms with van der Waals surface area (Å²) in [5.74, 6) is 0. The van der Waals surface area contributed by atoms with E-state index in [0.29, 0.717) is 5.54 Å². The second-order valence-corrected chi connectivity index (χ2v) is 3.46. The van der Waals surface area contributed by atoms with E-state index in [1.165, 1.54) is 19.4 Å². The van der Waals surface area contributed by atoms with Gasteiger partial charge in [-0.15, -0.1) is 0 Å². The Morgan fingerprint density at radius 2 is 2.00 bits per heavy atom. The highest BCUT2D eigenvalue weighted by molar-refractivity contribution is 4.89. The van der Waals surface area contributed by atoms with E-state index in [2.05, 4.69) is 18.9 Å². The van der Waals surface area contributed by atoms with E-state index < -0.39 is 0 Å². The maximum Gasteiger partial charge on any atom is 0.0643 e. The Balaban J connectivity index is 0.000000561. The topological polar surface area (TPSA) is 12.5 Å². The normalized spacial score (nSPS) is 29.8. The van der Waals surface area contributed by atoms with E-state index in [1.54, 1.807) is 7.11 Å². The van der Waals surface area contributed by atoms with E-state index >= 15 is 0 Å². The van der Waals surface area contributed by atoms with E-state index in [9.17, 15) is 0 Å². The molecular formula is C10H23NO. The van der Waals surface area contributed by atoms with Gasteiger partial charge in [-0.1, -0.05) is 13.8 Å². The molecule has 74 valence electrons. The van der Waals surface area contributed by atoms with Crippen LogP contribution in [0.15, 0.2) is 0 Å². The second-order valence-electron chi connectivity index (χ2n) is 3.46. The predicted octanol–water partition coefficient (Wildman–Crippen LogP) is 2.14. The van der Waals surface area contributed by atoms with Gasteiger partial charge >= 0.3 is 0 Å². The molecule has 0 amide bonds. The van der Waals surface area contributed by atoms with Crippen LogP contribution in [-0.2, 0) is 4.74 Å². The van der Waals surface area contributed by atoms with Gasteiger partial charge in [0.25, 0.3) is 0 Å². The SMILES string of the molecule is CC.COCC1(C)CCCN1C. The van der Waals surface area contributed by atoms with Gasteiger partial charge in [0.15, 0.2) is 0 Å². The fourth-order valence-electron chi connectivity index (χ4n) is 1.65. The number of rotatable bonds is 2. The molecule has 0 aromatic carbocycles. The van der Waals surface area contributed by atoms with Gasteiger partial charge in [0, 0.05) is 12.6 Å². The van der Waals surface area contributed by atoms with Crippen LogP contribution in [0, 0.1) is 0 Å². The van der Waals surface area contributed by atoms with Crippen molar-refractivity contribution in [1.82, 2.24) is 4.90 Å². The van der Waals surface area contributed by atoms with Crippen LogP contribution < -0.4 is 0 Å². The average Bonchev–Trinajstić information content (AvgIpc) is 2.37. The Labute approximate surface area is 76.9 Å². The first-order valence-corrected chi connectivity index (χ1v) is 4.89. The van der Waals surface area contributed by atoms with Gasteiger partial charge in [0.2, 0.25) is 0 Å². The third-order valence-corrected chi connectivity index (χ3v) is 2.59. The maximum atomic E-state index is 5.16. The lowest BCUT2D eigenvalue weighted by atomic mass is 10.0. The molecule has 0 N–H and O–H groups in total. The summed E-state index contributed by atoms with van der Waals surface area (Å²) in [5.41, 5.74) is 0.314. The molecule has 12 heavy (non-hydrogen) atoms. The first-order chi connectivity index (χ1) is 5.69. The molecular weight excluding hydrogens is 150 g/mol. The van der Waals surface area contributed by atoms with Crippen molar-refractivity contribution in [1.29, 1.82) is 0 Å². The highest BCUT2D eigenvalue weighted by atomic mass is 16.5. The summed E-state index contributed by atoms with van der Waals surface area (Å²) in [5, 5.41) is 0. The lowest BCUT2D eigenvalue weighted by Gasteiger charge is -2.31. The van der Waals surface area contributed by atoms with Crippen LogP contribution >= 0.6 is 0 Å². The largest absolute Gasteiger partial charge is 0.383 e. The summed E-state index contributed by atoms with van der Waals surface area (Å²) in [7, 11) is 3.95. The van der Waals surface area contributed by atoms with E-state index in [-0.39, 0.29) is 0 Å². The summed E-state index contributed by atoms with van der Waals surface area (Å²) >= 11 is 0. The number of methoxy groups -OCH3 is 1. The van der Waals surface area contributed by atoms with Crippen LogP contribution in [0.2, 0.25) is 0 Å². The molecule has 1 fully saturated rings. The molecule has 1 aliphatic rings. The van der Waals surface area contributed by atoms with Crippen molar-refractivity contribution in [2.24, 2.45) is 0 Å². The van der Waals surface area contributed by atoms with E-state index in [4.69, 9.17) is 4.74 Å². The third-order valence-electron chi connectivity index (χ3n) is 2.59. The minimum Gasteiger partial charge on any atom is -0.383 e. The van der Waals surface area contributed by atoms with Gasteiger partial charge in [0.05, 0.1) is 6.61 Å². The quantitative estimate of drug-likeness (QED) is 0.634. The van der Waals surface area contributed by atoms with Crippen LogP contribution in [0.4, 0.5) is 0 Å². The molecule has 0 aliphatic carbocycles. The molecule has 1 rings (SSSR count). The number of hydrogen-bond donors (Lipinski definition) is 0. The zero-order chi connectivity index (χ0) is 9.61. The van der Waals surface area contributed by atoms with Crippen LogP contribution in [0.1, 0.15) is 33.6 Å². The number of ether oxygens (including phenoxy) is 1. The Bertz CT molecular complexity index is 116. The fraction of sp³-hybridized carbons (Fsp3) is 1.00. The Kier molecular flexibility index (Phi) is 5.51. The van der Waals surface area contributed by atoms with Gasteiger partial charge in [-0.05, 0) is 33.4 Å². The van der Waals surface area contributed by atoms with Gasteiger partial charge in [-0.3, -0.25) is 4.90 Å². The van der Waals surface area contributed by atoms with Crippen molar-refractivity contribution < 1.29 is 4.74 Å². The van der Waals surface area contributed by atoms with Crippen LogP contribution in [0.3, 0.4) is 0 Å². The molecule has 2 heteroatoms. The summed E-state index contributed by atoms with van der Waals surface area (Å²) in [6.07, 6.45) is 2.59. The van der Waals surface area contributed by atoms with Gasteiger partial charge < -0.3 is 4.74 Å². The highest BCUT2D eigenvalue weighted by Gasteiger charge is 2.33. The molecule has 1 aliphatic heterocycles. The summed E-state index contributed by atoms with van der Waals surface area (Å²) < 4.78 is 5.16. The highest BCUT2D eigenvalue weighted by Crippen LogP contribution is 2.26. The molecule has 1 saturated heterocycles. The molecule has 0 spiro atoms. The van der Waals surface area contributed by atoms with Crippen molar-refractivity contribution in [2.45, 2.75) is 39.2 Å². The summed E-state index contributed by atoms with van der Waals surface area (Å²) in [6, 6.07) is 0. The van der Waals surface area contributed by atoms with Crippen LogP contribution in [0.5, 0.6) is 0 Å². The first kappa shape index (κ1) is 11.9. The third kappa shape index (κ3) is 2.76. The van der Waals surface area contributed by atoms with Crippen molar-refractivity contribution in [2.75, 3.05) is 27.3 Å².